The Morgan fingerprint density at radius 3 is 2.84 bits per heavy atom. The van der Waals surface area contributed by atoms with Crippen molar-refractivity contribution in [2.75, 3.05) is 13.1 Å². The molecule has 0 radical (unpaired) electrons. The smallest absolute Gasteiger partial charge is 0.410 e. The molecule has 6 heteroatoms. The molecule has 1 atom stereocenters. The van der Waals surface area contributed by atoms with Gasteiger partial charge in [0.1, 0.15) is 5.60 Å². The van der Waals surface area contributed by atoms with E-state index in [0.29, 0.717) is 6.54 Å². The normalized spacial score (nSPS) is 18.0. The Hall–Kier alpha value is -1.69. The Kier molecular flexibility index (Phi) is 6.76. The Morgan fingerprint density at radius 1 is 1.40 bits per heavy atom. The van der Waals surface area contributed by atoms with Crippen LogP contribution in [0.5, 0.6) is 0 Å². The van der Waals surface area contributed by atoms with Crippen LogP contribution in [0.25, 0.3) is 0 Å². The summed E-state index contributed by atoms with van der Waals surface area (Å²) in [5.74, 6) is 0. The molecule has 1 amide bonds. The van der Waals surface area contributed by atoms with Gasteiger partial charge in [0.05, 0.1) is 0 Å². The largest absolute Gasteiger partial charge is 0.444 e. The Bertz CT molecular complexity index is 573. The molecular weight excluding hydrogens is 326 g/mol. The van der Waals surface area contributed by atoms with E-state index in [1.807, 2.05) is 31.7 Å². The van der Waals surface area contributed by atoms with E-state index < -0.39 is 12.0 Å². The predicted octanol–water partition coefficient (Wildman–Crippen LogP) is 4.50. The molecule has 4 nitrogen and oxygen atoms in total. The molecule has 140 valence electrons. The van der Waals surface area contributed by atoms with E-state index in [1.54, 1.807) is 6.07 Å². The number of halogens is 2. The number of ether oxygens (including phenoxy) is 1. The topological polar surface area (TPSA) is 41.6 Å². The van der Waals surface area contributed by atoms with Gasteiger partial charge >= 0.3 is 6.09 Å². The zero-order valence-electron chi connectivity index (χ0n) is 15.2. The number of amides is 1. The van der Waals surface area contributed by atoms with Gasteiger partial charge in [-0.25, -0.2) is 13.6 Å². The number of benzene rings is 1. The number of nitrogens with one attached hydrogen (secondary N) is 1. The second-order valence-corrected chi connectivity index (χ2v) is 7.48. The van der Waals surface area contributed by atoms with Crippen molar-refractivity contribution >= 4 is 6.09 Å². The minimum Gasteiger partial charge on any atom is -0.444 e. The third-order valence-corrected chi connectivity index (χ3v) is 4.19. The monoisotopic (exact) mass is 354 g/mol. The molecule has 2 rings (SSSR count). The first-order valence-electron chi connectivity index (χ1n) is 8.83. The maximum Gasteiger partial charge on any atom is 0.410 e. The highest BCUT2D eigenvalue weighted by Gasteiger charge is 2.31. The fourth-order valence-corrected chi connectivity index (χ4v) is 3.04. The van der Waals surface area contributed by atoms with Gasteiger partial charge in [0.2, 0.25) is 0 Å². The summed E-state index contributed by atoms with van der Waals surface area (Å²) >= 11 is 0. The van der Waals surface area contributed by atoms with Crippen LogP contribution < -0.4 is 5.32 Å². The Labute approximate surface area is 148 Å². The summed E-state index contributed by atoms with van der Waals surface area (Å²) in [4.78, 5) is 14.0. The maximum absolute atomic E-state index is 12.7. The van der Waals surface area contributed by atoms with Gasteiger partial charge in [-0.1, -0.05) is 18.2 Å². The molecule has 1 N–H and O–H groups in total. The van der Waals surface area contributed by atoms with Gasteiger partial charge in [0.15, 0.2) is 0 Å². The van der Waals surface area contributed by atoms with Crippen LogP contribution >= 0.6 is 0 Å². The van der Waals surface area contributed by atoms with E-state index in [4.69, 9.17) is 4.74 Å². The summed E-state index contributed by atoms with van der Waals surface area (Å²) in [6.07, 6.45) is 0.0936. The highest BCUT2D eigenvalue weighted by atomic mass is 19.3. The average Bonchev–Trinajstić information content (AvgIpc) is 2.99. The van der Waals surface area contributed by atoms with E-state index in [-0.39, 0.29) is 17.7 Å². The van der Waals surface area contributed by atoms with Crippen molar-refractivity contribution < 1.29 is 18.3 Å². The molecule has 0 aromatic heterocycles. The summed E-state index contributed by atoms with van der Waals surface area (Å²) in [7, 11) is 0. The quantitative estimate of drug-likeness (QED) is 0.765. The molecule has 25 heavy (non-hydrogen) atoms. The minimum atomic E-state index is -2.44. The second kappa shape index (κ2) is 8.61. The van der Waals surface area contributed by atoms with Gasteiger partial charge in [0, 0.05) is 24.7 Å². The molecule has 0 spiro atoms. The second-order valence-electron chi connectivity index (χ2n) is 7.48. The lowest BCUT2D eigenvalue weighted by molar-refractivity contribution is 0.0220. The highest BCUT2D eigenvalue weighted by Crippen LogP contribution is 2.23. The number of rotatable bonds is 6. The molecular formula is C19H28F2N2O2. The Balaban J connectivity index is 1.77. The van der Waals surface area contributed by atoms with E-state index in [1.165, 1.54) is 12.1 Å². The number of hydrogen-bond donors (Lipinski definition) is 1. The van der Waals surface area contributed by atoms with Crippen molar-refractivity contribution in [3.8, 4) is 0 Å². The first kappa shape index (κ1) is 19.6. The molecule has 1 heterocycles. The molecule has 1 aromatic rings. The van der Waals surface area contributed by atoms with E-state index in [2.05, 4.69) is 5.32 Å². The van der Waals surface area contributed by atoms with E-state index in [9.17, 15) is 13.6 Å². The first-order valence-corrected chi connectivity index (χ1v) is 8.83. The first-order chi connectivity index (χ1) is 11.8. The third kappa shape index (κ3) is 6.27. The summed E-state index contributed by atoms with van der Waals surface area (Å²) in [5, 5.41) is 3.28. The molecule has 1 aromatic carbocycles. The van der Waals surface area contributed by atoms with Crippen LogP contribution in [-0.2, 0) is 11.3 Å². The van der Waals surface area contributed by atoms with Gasteiger partial charge < -0.3 is 15.0 Å². The van der Waals surface area contributed by atoms with Crippen LogP contribution in [0, 0.1) is 0 Å². The fraction of sp³-hybridized carbons (Fsp3) is 0.632. The van der Waals surface area contributed by atoms with Crippen molar-refractivity contribution in [3.63, 3.8) is 0 Å². The summed E-state index contributed by atoms with van der Waals surface area (Å²) in [5.41, 5.74) is 0.400. The van der Waals surface area contributed by atoms with Crippen LogP contribution in [0.4, 0.5) is 13.6 Å². The van der Waals surface area contributed by atoms with Crippen molar-refractivity contribution in [1.82, 2.24) is 10.2 Å². The summed E-state index contributed by atoms with van der Waals surface area (Å²) < 4.78 is 30.9. The molecule has 0 saturated carbocycles. The number of nitrogens with zero attached hydrogens (tertiary/aromatic N) is 1. The van der Waals surface area contributed by atoms with Crippen LogP contribution in [-0.4, -0.2) is 35.7 Å². The fourth-order valence-electron chi connectivity index (χ4n) is 3.04. The lowest BCUT2D eigenvalue weighted by Crippen LogP contribution is -2.40. The van der Waals surface area contributed by atoms with Gasteiger partial charge in [0.25, 0.3) is 6.43 Å². The molecule has 1 saturated heterocycles. The molecule has 1 aliphatic heterocycles. The highest BCUT2D eigenvalue weighted by molar-refractivity contribution is 5.68. The number of hydrogen-bond acceptors (Lipinski definition) is 3. The lowest BCUT2D eigenvalue weighted by Gasteiger charge is -2.28. The van der Waals surface area contributed by atoms with Crippen LogP contribution in [0.2, 0.25) is 0 Å². The zero-order chi connectivity index (χ0) is 18.4. The predicted molar refractivity (Wildman–Crippen MR) is 93.7 cm³/mol. The number of carbonyl (C=O) groups excluding carboxylic acids is 1. The van der Waals surface area contributed by atoms with Gasteiger partial charge in [-0.15, -0.1) is 0 Å². The molecule has 0 aliphatic carbocycles. The van der Waals surface area contributed by atoms with Crippen LogP contribution in [0.3, 0.4) is 0 Å². The van der Waals surface area contributed by atoms with Crippen molar-refractivity contribution in [2.24, 2.45) is 0 Å². The standard InChI is InChI=1S/C19H28F2N2O2/c1-19(2,3)25-18(24)23-11-5-8-16(23)9-10-22-13-14-6-4-7-15(12-14)17(20)21/h4,6-7,12,16-17,22H,5,8-11,13H2,1-3H3. The molecule has 1 aliphatic rings. The van der Waals surface area contributed by atoms with Crippen LogP contribution in [0.15, 0.2) is 24.3 Å². The molecule has 1 unspecified atom stereocenters. The van der Waals surface area contributed by atoms with Gasteiger partial charge in [-0.05, 0) is 58.2 Å². The number of likely N-dealkylation sites (tertiary alicyclic amines) is 1. The maximum atomic E-state index is 12.7. The third-order valence-electron chi connectivity index (χ3n) is 4.19. The van der Waals surface area contributed by atoms with Crippen molar-refractivity contribution in [3.05, 3.63) is 35.4 Å². The van der Waals surface area contributed by atoms with Gasteiger partial charge in [-0.3, -0.25) is 0 Å². The number of alkyl halides is 2. The minimum absolute atomic E-state index is 0.0474. The molecule has 1 fully saturated rings. The van der Waals surface area contributed by atoms with Crippen LogP contribution in [0.1, 0.15) is 57.6 Å². The SMILES string of the molecule is CC(C)(C)OC(=O)N1CCCC1CCNCc1cccc(C(F)F)c1. The van der Waals surface area contributed by atoms with Crippen molar-refractivity contribution in [1.29, 1.82) is 0 Å². The summed E-state index contributed by atoms with van der Waals surface area (Å²) in [6.45, 7) is 7.60. The lowest BCUT2D eigenvalue weighted by atomic mass is 10.1. The van der Waals surface area contributed by atoms with E-state index >= 15 is 0 Å². The average molecular weight is 354 g/mol. The summed E-state index contributed by atoms with van der Waals surface area (Å²) in [6, 6.07) is 6.63. The van der Waals surface area contributed by atoms with Gasteiger partial charge in [-0.2, -0.15) is 0 Å². The van der Waals surface area contributed by atoms with Crippen molar-refractivity contribution in [2.45, 2.75) is 64.6 Å². The number of carbonyl (C=O) groups is 1. The molecule has 0 bridgehead atoms. The Morgan fingerprint density at radius 2 is 2.16 bits per heavy atom. The zero-order valence-corrected chi connectivity index (χ0v) is 15.2. The van der Waals surface area contributed by atoms with E-state index in [0.717, 1.165) is 37.9 Å².